The molecule has 0 unspecified atom stereocenters. The van der Waals surface area contributed by atoms with Crippen LogP contribution in [0, 0.1) is 6.92 Å². The van der Waals surface area contributed by atoms with E-state index >= 15 is 0 Å². The molecule has 31 heavy (non-hydrogen) atoms. The molecule has 0 aliphatic carbocycles. The molecular weight excluding hydrogens is 503 g/mol. The van der Waals surface area contributed by atoms with Gasteiger partial charge in [-0.1, -0.05) is 43.2 Å². The summed E-state index contributed by atoms with van der Waals surface area (Å²) >= 11 is 0. The third-order valence-corrected chi connectivity index (χ3v) is 4.84. The first kappa shape index (κ1) is 26.7. The summed E-state index contributed by atoms with van der Waals surface area (Å²) in [4.78, 5) is 16.4. The molecule has 0 spiro atoms. The van der Waals surface area contributed by atoms with Gasteiger partial charge in [-0.15, -0.1) is 24.0 Å². The molecule has 0 fully saturated rings. The maximum absolute atomic E-state index is 12.1. The molecule has 0 aliphatic heterocycles. The van der Waals surface area contributed by atoms with Crippen molar-refractivity contribution in [3.8, 4) is 5.75 Å². The molecule has 0 saturated carbocycles. The van der Waals surface area contributed by atoms with Gasteiger partial charge in [0.2, 0.25) is 0 Å². The standard InChI is InChI=1S/C24H34N4O2.HI/c1-5-6-14-26-23(29)20-10-8-19(9-11-20)17-28-24(25-3)27-15-13-21-16-18(2)7-12-22(21)30-4;/h7-12,16H,5-6,13-15,17H2,1-4H3,(H,26,29)(H2,25,27,28);1H. The van der Waals surface area contributed by atoms with Gasteiger partial charge in [0.05, 0.1) is 7.11 Å². The highest BCUT2D eigenvalue weighted by Crippen LogP contribution is 2.19. The molecule has 7 heteroatoms. The number of aliphatic imine (C=N–C) groups is 1. The van der Waals surface area contributed by atoms with Gasteiger partial charge in [-0.2, -0.15) is 0 Å². The zero-order valence-electron chi connectivity index (χ0n) is 19.0. The average Bonchev–Trinajstić information content (AvgIpc) is 2.76. The minimum atomic E-state index is -0.0213. The van der Waals surface area contributed by atoms with Crippen LogP contribution in [0.15, 0.2) is 47.5 Å². The van der Waals surface area contributed by atoms with Crippen LogP contribution in [0.3, 0.4) is 0 Å². The molecule has 2 aromatic carbocycles. The van der Waals surface area contributed by atoms with Crippen LogP contribution in [-0.2, 0) is 13.0 Å². The second-order valence-corrected chi connectivity index (χ2v) is 7.22. The van der Waals surface area contributed by atoms with Gasteiger partial charge in [0.25, 0.3) is 5.91 Å². The van der Waals surface area contributed by atoms with Gasteiger partial charge < -0.3 is 20.7 Å². The topological polar surface area (TPSA) is 74.8 Å². The molecule has 0 radical (unpaired) electrons. The quantitative estimate of drug-likeness (QED) is 0.185. The number of benzene rings is 2. The van der Waals surface area contributed by atoms with Crippen molar-refractivity contribution in [3.05, 3.63) is 64.7 Å². The molecule has 0 aliphatic rings. The number of carbonyl (C=O) groups excluding carboxylic acids is 1. The Kier molecular flexibility index (Phi) is 12.7. The van der Waals surface area contributed by atoms with Crippen molar-refractivity contribution in [1.29, 1.82) is 0 Å². The van der Waals surface area contributed by atoms with Crippen LogP contribution in [0.2, 0.25) is 0 Å². The smallest absolute Gasteiger partial charge is 0.251 e. The highest BCUT2D eigenvalue weighted by molar-refractivity contribution is 14.0. The lowest BCUT2D eigenvalue weighted by Crippen LogP contribution is -2.37. The van der Waals surface area contributed by atoms with E-state index in [0.717, 1.165) is 49.6 Å². The number of ether oxygens (including phenoxy) is 1. The van der Waals surface area contributed by atoms with Crippen LogP contribution in [0.5, 0.6) is 5.75 Å². The molecule has 1 amide bonds. The van der Waals surface area contributed by atoms with Crippen LogP contribution >= 0.6 is 24.0 Å². The van der Waals surface area contributed by atoms with Crippen LogP contribution in [-0.4, -0.2) is 39.1 Å². The number of nitrogens with zero attached hydrogens (tertiary/aromatic N) is 1. The maximum Gasteiger partial charge on any atom is 0.251 e. The minimum Gasteiger partial charge on any atom is -0.496 e. The molecule has 0 aromatic heterocycles. The molecule has 0 saturated heterocycles. The largest absolute Gasteiger partial charge is 0.496 e. The van der Waals surface area contributed by atoms with E-state index in [1.54, 1.807) is 14.2 Å². The summed E-state index contributed by atoms with van der Waals surface area (Å²) in [5.74, 6) is 1.62. The Morgan fingerprint density at radius 2 is 1.77 bits per heavy atom. The van der Waals surface area contributed by atoms with Gasteiger partial charge in [0, 0.05) is 32.2 Å². The summed E-state index contributed by atoms with van der Waals surface area (Å²) in [6, 6.07) is 13.9. The van der Waals surface area contributed by atoms with Crippen LogP contribution < -0.4 is 20.7 Å². The van der Waals surface area contributed by atoms with E-state index in [9.17, 15) is 4.79 Å². The Bertz CT molecular complexity index is 838. The molecule has 3 N–H and O–H groups in total. The Morgan fingerprint density at radius 3 is 2.42 bits per heavy atom. The summed E-state index contributed by atoms with van der Waals surface area (Å²) in [5, 5.41) is 9.58. The van der Waals surface area contributed by atoms with Crippen molar-refractivity contribution in [1.82, 2.24) is 16.0 Å². The molecule has 2 aromatic rings. The van der Waals surface area contributed by atoms with Crippen LogP contribution in [0.25, 0.3) is 0 Å². The third kappa shape index (κ3) is 9.16. The van der Waals surface area contributed by atoms with Gasteiger partial charge in [-0.05, 0) is 49.1 Å². The maximum atomic E-state index is 12.1. The number of carbonyl (C=O) groups is 1. The number of methoxy groups -OCH3 is 1. The first-order valence-corrected chi connectivity index (χ1v) is 10.5. The van der Waals surface area contributed by atoms with Crippen LogP contribution in [0.1, 0.15) is 46.8 Å². The minimum absolute atomic E-state index is 0. The van der Waals surface area contributed by atoms with Crippen molar-refractivity contribution in [2.45, 2.75) is 39.7 Å². The number of aryl methyl sites for hydroxylation is 1. The molecule has 0 heterocycles. The summed E-state index contributed by atoms with van der Waals surface area (Å²) in [5.41, 5.74) is 4.16. The van der Waals surface area contributed by atoms with Crippen molar-refractivity contribution < 1.29 is 9.53 Å². The van der Waals surface area contributed by atoms with E-state index in [0.29, 0.717) is 12.1 Å². The zero-order chi connectivity index (χ0) is 21.8. The second kappa shape index (κ2) is 14.7. The predicted octanol–water partition coefficient (Wildman–Crippen LogP) is 4.06. The fourth-order valence-electron chi connectivity index (χ4n) is 3.08. The Balaban J connectivity index is 0.00000480. The molecular formula is C24H35IN4O2. The Morgan fingerprint density at radius 1 is 1.03 bits per heavy atom. The molecule has 0 bridgehead atoms. The average molecular weight is 538 g/mol. The SMILES string of the molecule is CCCCNC(=O)c1ccc(CNC(=NC)NCCc2cc(C)ccc2OC)cc1.I. The van der Waals surface area contributed by atoms with Crippen molar-refractivity contribution >= 4 is 35.8 Å². The van der Waals surface area contributed by atoms with E-state index in [-0.39, 0.29) is 29.9 Å². The number of rotatable bonds is 10. The molecule has 2 rings (SSSR count). The number of unbranched alkanes of at least 4 members (excludes halogenated alkanes) is 1. The van der Waals surface area contributed by atoms with E-state index in [1.807, 2.05) is 30.3 Å². The second-order valence-electron chi connectivity index (χ2n) is 7.22. The third-order valence-electron chi connectivity index (χ3n) is 4.84. The summed E-state index contributed by atoms with van der Waals surface area (Å²) in [7, 11) is 3.45. The van der Waals surface area contributed by atoms with Gasteiger partial charge >= 0.3 is 0 Å². The lowest BCUT2D eigenvalue weighted by atomic mass is 10.1. The van der Waals surface area contributed by atoms with Crippen molar-refractivity contribution in [2.24, 2.45) is 4.99 Å². The number of nitrogens with one attached hydrogen (secondary N) is 3. The number of guanidine groups is 1. The zero-order valence-corrected chi connectivity index (χ0v) is 21.3. The first-order chi connectivity index (χ1) is 14.6. The molecule has 6 nitrogen and oxygen atoms in total. The number of hydrogen-bond acceptors (Lipinski definition) is 3. The Labute approximate surface area is 203 Å². The Hall–Kier alpha value is -2.29. The van der Waals surface area contributed by atoms with Crippen LogP contribution in [0.4, 0.5) is 0 Å². The van der Waals surface area contributed by atoms with E-state index in [1.165, 1.54) is 11.1 Å². The monoisotopic (exact) mass is 538 g/mol. The van der Waals surface area contributed by atoms with Crippen molar-refractivity contribution in [2.75, 3.05) is 27.2 Å². The normalized spacial score (nSPS) is 10.8. The van der Waals surface area contributed by atoms with Gasteiger partial charge in [0.15, 0.2) is 5.96 Å². The number of hydrogen-bond donors (Lipinski definition) is 3. The van der Waals surface area contributed by atoms with E-state index in [2.05, 4.69) is 46.9 Å². The fraction of sp³-hybridized carbons (Fsp3) is 0.417. The summed E-state index contributed by atoms with van der Waals surface area (Å²) in [6.45, 7) is 6.28. The molecule has 0 atom stereocenters. The number of halogens is 1. The lowest BCUT2D eigenvalue weighted by Gasteiger charge is -2.14. The number of amides is 1. The summed E-state index contributed by atoms with van der Waals surface area (Å²) < 4.78 is 5.44. The summed E-state index contributed by atoms with van der Waals surface area (Å²) in [6.07, 6.45) is 2.91. The first-order valence-electron chi connectivity index (χ1n) is 10.5. The fourth-order valence-corrected chi connectivity index (χ4v) is 3.08. The van der Waals surface area contributed by atoms with Gasteiger partial charge in [-0.25, -0.2) is 0 Å². The van der Waals surface area contributed by atoms with E-state index in [4.69, 9.17) is 4.74 Å². The predicted molar refractivity (Wildman–Crippen MR) is 139 cm³/mol. The highest BCUT2D eigenvalue weighted by atomic mass is 127. The van der Waals surface area contributed by atoms with E-state index < -0.39 is 0 Å². The lowest BCUT2D eigenvalue weighted by molar-refractivity contribution is 0.0953. The van der Waals surface area contributed by atoms with Crippen molar-refractivity contribution in [3.63, 3.8) is 0 Å². The van der Waals surface area contributed by atoms with Gasteiger partial charge in [0.1, 0.15) is 5.75 Å². The molecule has 170 valence electrons. The van der Waals surface area contributed by atoms with Gasteiger partial charge in [-0.3, -0.25) is 9.79 Å². The highest BCUT2D eigenvalue weighted by Gasteiger charge is 2.06.